The van der Waals surface area contributed by atoms with Gasteiger partial charge in [0.25, 0.3) is 0 Å². The lowest BCUT2D eigenvalue weighted by Crippen LogP contribution is -2.27. The summed E-state index contributed by atoms with van der Waals surface area (Å²) in [6.07, 6.45) is 2.31. The standard InChI is InChI=1S/C10H14N2OS2/c1-7-11-9(5-15-7)4-14-6-10(13)12-8-2-3-8/h5,8H,2-4,6H2,1H3,(H,12,13). The SMILES string of the molecule is Cc1nc(CSCC(=O)NC2CC2)cs1. The summed E-state index contributed by atoms with van der Waals surface area (Å²) in [5, 5.41) is 6.12. The molecule has 1 fully saturated rings. The number of thioether (sulfide) groups is 1. The second-order valence-electron chi connectivity index (χ2n) is 3.69. The first-order chi connectivity index (χ1) is 7.24. The molecule has 2 rings (SSSR count). The van der Waals surface area contributed by atoms with Crippen LogP contribution in [0, 0.1) is 6.92 Å². The van der Waals surface area contributed by atoms with Gasteiger partial charge in [-0.3, -0.25) is 4.79 Å². The maximum absolute atomic E-state index is 11.3. The number of nitrogens with zero attached hydrogens (tertiary/aromatic N) is 1. The van der Waals surface area contributed by atoms with E-state index >= 15 is 0 Å². The van der Waals surface area contributed by atoms with Crippen molar-refractivity contribution in [2.75, 3.05) is 5.75 Å². The highest BCUT2D eigenvalue weighted by Gasteiger charge is 2.22. The zero-order chi connectivity index (χ0) is 10.7. The minimum absolute atomic E-state index is 0.162. The summed E-state index contributed by atoms with van der Waals surface area (Å²) < 4.78 is 0. The van der Waals surface area contributed by atoms with Crippen LogP contribution in [0.25, 0.3) is 0 Å². The molecule has 0 bridgehead atoms. The maximum atomic E-state index is 11.3. The highest BCUT2D eigenvalue weighted by molar-refractivity contribution is 7.99. The fourth-order valence-electron chi connectivity index (χ4n) is 1.22. The first kappa shape index (κ1) is 11.0. The molecule has 1 amide bonds. The molecule has 1 heterocycles. The van der Waals surface area contributed by atoms with Crippen LogP contribution >= 0.6 is 23.1 Å². The van der Waals surface area contributed by atoms with E-state index in [1.54, 1.807) is 23.1 Å². The number of thiazole rings is 1. The van der Waals surface area contributed by atoms with E-state index in [-0.39, 0.29) is 5.91 Å². The number of aromatic nitrogens is 1. The Morgan fingerprint density at radius 1 is 1.73 bits per heavy atom. The van der Waals surface area contributed by atoms with Crippen LogP contribution in [0.15, 0.2) is 5.38 Å². The summed E-state index contributed by atoms with van der Waals surface area (Å²) in [4.78, 5) is 15.7. The molecule has 15 heavy (non-hydrogen) atoms. The van der Waals surface area contributed by atoms with Gasteiger partial charge >= 0.3 is 0 Å². The number of hydrogen-bond donors (Lipinski definition) is 1. The summed E-state index contributed by atoms with van der Waals surface area (Å²) >= 11 is 3.29. The molecule has 1 aromatic heterocycles. The number of rotatable bonds is 5. The Hall–Kier alpha value is -0.550. The maximum Gasteiger partial charge on any atom is 0.230 e. The van der Waals surface area contributed by atoms with Crippen molar-refractivity contribution in [3.05, 3.63) is 16.1 Å². The molecular formula is C10H14N2OS2. The minimum Gasteiger partial charge on any atom is -0.353 e. The van der Waals surface area contributed by atoms with E-state index in [0.29, 0.717) is 11.8 Å². The van der Waals surface area contributed by atoms with Crippen LogP contribution in [0.3, 0.4) is 0 Å². The van der Waals surface area contributed by atoms with Crippen LogP contribution in [-0.4, -0.2) is 22.7 Å². The molecule has 82 valence electrons. The van der Waals surface area contributed by atoms with Crippen molar-refractivity contribution in [1.29, 1.82) is 0 Å². The molecule has 1 aliphatic carbocycles. The van der Waals surface area contributed by atoms with E-state index in [1.165, 1.54) is 0 Å². The van der Waals surface area contributed by atoms with E-state index < -0.39 is 0 Å². The fourth-order valence-corrected chi connectivity index (χ4v) is 2.67. The molecule has 0 spiro atoms. The Bertz CT molecular complexity index is 347. The van der Waals surface area contributed by atoms with Crippen LogP contribution in [0.1, 0.15) is 23.5 Å². The molecule has 0 unspecified atom stereocenters. The second-order valence-corrected chi connectivity index (χ2v) is 5.74. The molecule has 0 saturated heterocycles. The van der Waals surface area contributed by atoms with Crippen LogP contribution in [-0.2, 0) is 10.5 Å². The van der Waals surface area contributed by atoms with Crippen LogP contribution in [0.5, 0.6) is 0 Å². The van der Waals surface area contributed by atoms with Crippen molar-refractivity contribution in [3.8, 4) is 0 Å². The molecule has 3 nitrogen and oxygen atoms in total. The van der Waals surface area contributed by atoms with Gasteiger partial charge < -0.3 is 5.32 Å². The van der Waals surface area contributed by atoms with E-state index in [9.17, 15) is 4.79 Å². The number of amides is 1. The Balaban J connectivity index is 1.63. The predicted molar refractivity (Wildman–Crippen MR) is 64.2 cm³/mol. The molecular weight excluding hydrogens is 228 g/mol. The summed E-state index contributed by atoms with van der Waals surface area (Å²) in [5.41, 5.74) is 1.08. The molecule has 0 radical (unpaired) electrons. The topological polar surface area (TPSA) is 42.0 Å². The van der Waals surface area contributed by atoms with Gasteiger partial charge in [-0.15, -0.1) is 23.1 Å². The third kappa shape index (κ3) is 3.83. The van der Waals surface area contributed by atoms with Crippen LogP contribution in [0.2, 0.25) is 0 Å². The lowest BCUT2D eigenvalue weighted by atomic mass is 10.6. The summed E-state index contributed by atoms with van der Waals surface area (Å²) in [7, 11) is 0. The van der Waals surface area contributed by atoms with Gasteiger partial charge in [0.1, 0.15) is 0 Å². The van der Waals surface area contributed by atoms with Gasteiger partial charge in [0.15, 0.2) is 0 Å². The van der Waals surface area contributed by atoms with E-state index in [4.69, 9.17) is 0 Å². The summed E-state index contributed by atoms with van der Waals surface area (Å²) in [6, 6.07) is 0.472. The lowest BCUT2D eigenvalue weighted by Gasteiger charge is -2.01. The molecule has 1 saturated carbocycles. The van der Waals surface area contributed by atoms with Gasteiger partial charge in [-0.1, -0.05) is 0 Å². The number of aryl methyl sites for hydroxylation is 1. The third-order valence-corrected chi connectivity index (χ3v) is 3.88. The van der Waals surface area contributed by atoms with Crippen molar-refractivity contribution in [2.24, 2.45) is 0 Å². The van der Waals surface area contributed by atoms with Gasteiger partial charge in [-0.25, -0.2) is 4.98 Å². The van der Waals surface area contributed by atoms with Gasteiger partial charge in [-0.05, 0) is 19.8 Å². The molecule has 0 aliphatic heterocycles. The van der Waals surface area contributed by atoms with E-state index in [1.807, 2.05) is 6.92 Å². The number of nitrogens with one attached hydrogen (secondary N) is 1. The van der Waals surface area contributed by atoms with Crippen LogP contribution < -0.4 is 5.32 Å². The Labute approximate surface area is 97.7 Å². The van der Waals surface area contributed by atoms with Crippen molar-refractivity contribution in [3.63, 3.8) is 0 Å². The first-order valence-corrected chi connectivity index (χ1v) is 7.05. The largest absolute Gasteiger partial charge is 0.353 e. The number of hydrogen-bond acceptors (Lipinski definition) is 4. The predicted octanol–water partition coefficient (Wildman–Crippen LogP) is 1.96. The highest BCUT2D eigenvalue weighted by Crippen LogP contribution is 2.19. The van der Waals surface area contributed by atoms with Crippen molar-refractivity contribution < 1.29 is 4.79 Å². The summed E-state index contributed by atoms with van der Waals surface area (Å²) in [5.74, 6) is 1.55. The van der Waals surface area contributed by atoms with Crippen molar-refractivity contribution >= 4 is 29.0 Å². The zero-order valence-electron chi connectivity index (χ0n) is 8.66. The van der Waals surface area contributed by atoms with Crippen molar-refractivity contribution in [1.82, 2.24) is 10.3 Å². The molecule has 1 N–H and O–H groups in total. The fraction of sp³-hybridized carbons (Fsp3) is 0.600. The smallest absolute Gasteiger partial charge is 0.230 e. The average molecular weight is 242 g/mol. The van der Waals surface area contributed by atoms with Crippen LogP contribution in [0.4, 0.5) is 0 Å². The molecule has 0 atom stereocenters. The minimum atomic E-state index is 0.162. The second kappa shape index (κ2) is 4.99. The monoisotopic (exact) mass is 242 g/mol. The zero-order valence-corrected chi connectivity index (χ0v) is 10.3. The molecule has 0 aromatic carbocycles. The Morgan fingerprint density at radius 3 is 3.13 bits per heavy atom. The Morgan fingerprint density at radius 2 is 2.53 bits per heavy atom. The lowest BCUT2D eigenvalue weighted by molar-refractivity contribution is -0.118. The number of carbonyl (C=O) groups is 1. The normalized spacial score (nSPS) is 15.3. The van der Waals surface area contributed by atoms with E-state index in [0.717, 1.165) is 29.3 Å². The van der Waals surface area contributed by atoms with E-state index in [2.05, 4.69) is 15.7 Å². The Kier molecular flexibility index (Phi) is 3.64. The third-order valence-electron chi connectivity index (χ3n) is 2.09. The molecule has 1 aliphatic rings. The van der Waals surface area contributed by atoms with Crippen molar-refractivity contribution in [2.45, 2.75) is 31.6 Å². The molecule has 1 aromatic rings. The highest BCUT2D eigenvalue weighted by atomic mass is 32.2. The average Bonchev–Trinajstić information content (AvgIpc) is 2.89. The van der Waals surface area contributed by atoms with Gasteiger partial charge in [0.05, 0.1) is 16.5 Å². The van der Waals surface area contributed by atoms with Gasteiger partial charge in [-0.2, -0.15) is 0 Å². The first-order valence-electron chi connectivity index (χ1n) is 5.02. The molecule has 5 heteroatoms. The quantitative estimate of drug-likeness (QED) is 0.858. The summed E-state index contributed by atoms with van der Waals surface area (Å²) in [6.45, 7) is 2.00. The number of carbonyl (C=O) groups excluding carboxylic acids is 1. The van der Waals surface area contributed by atoms with Gasteiger partial charge in [0.2, 0.25) is 5.91 Å². The van der Waals surface area contributed by atoms with Gasteiger partial charge in [0, 0.05) is 17.2 Å².